The van der Waals surface area contributed by atoms with Gasteiger partial charge in [0.1, 0.15) is 5.75 Å². The number of nitro benzene ring substituents is 1. The number of aromatic nitrogens is 1. The molecule has 0 bridgehead atoms. The number of hydrogen-bond acceptors (Lipinski definition) is 6. The van der Waals surface area contributed by atoms with Gasteiger partial charge in [-0.15, -0.1) is 11.3 Å². The number of ether oxygens (including phenoxy) is 1. The second-order valence-corrected chi connectivity index (χ2v) is 5.39. The van der Waals surface area contributed by atoms with Crippen molar-refractivity contribution in [3.05, 3.63) is 43.6 Å². The van der Waals surface area contributed by atoms with Gasteiger partial charge in [0.25, 0.3) is 0 Å². The first kappa shape index (κ1) is 14.5. The van der Waals surface area contributed by atoms with Crippen LogP contribution < -0.4 is 10.1 Å². The van der Waals surface area contributed by atoms with E-state index in [4.69, 9.17) is 16.3 Å². The van der Waals surface area contributed by atoms with Crippen molar-refractivity contribution < 1.29 is 14.1 Å². The van der Waals surface area contributed by atoms with E-state index in [1.54, 1.807) is 6.20 Å². The van der Waals surface area contributed by atoms with Gasteiger partial charge in [-0.2, -0.15) is 4.39 Å². The van der Waals surface area contributed by atoms with E-state index in [0.29, 0.717) is 16.7 Å². The van der Waals surface area contributed by atoms with Crippen LogP contribution in [-0.2, 0) is 6.54 Å². The highest BCUT2D eigenvalue weighted by Gasteiger charge is 2.18. The number of nitrogens with zero attached hydrogens (tertiary/aromatic N) is 2. The molecule has 1 N–H and O–H groups in total. The van der Waals surface area contributed by atoms with Crippen molar-refractivity contribution in [1.82, 2.24) is 4.98 Å². The summed E-state index contributed by atoms with van der Waals surface area (Å²) < 4.78 is 18.9. The molecule has 6 nitrogen and oxygen atoms in total. The Labute approximate surface area is 122 Å². The third-order valence-electron chi connectivity index (χ3n) is 2.44. The van der Waals surface area contributed by atoms with Crippen molar-refractivity contribution in [2.75, 3.05) is 12.4 Å². The molecule has 0 aliphatic carbocycles. The number of nitrogens with one attached hydrogen (secondary N) is 1. The average molecular weight is 318 g/mol. The molecule has 1 aromatic heterocycles. The molecule has 1 heterocycles. The average Bonchev–Trinajstić information content (AvgIpc) is 2.82. The van der Waals surface area contributed by atoms with Crippen molar-refractivity contribution in [2.24, 2.45) is 0 Å². The van der Waals surface area contributed by atoms with Crippen LogP contribution >= 0.6 is 22.9 Å². The van der Waals surface area contributed by atoms with Gasteiger partial charge in [-0.1, -0.05) is 11.6 Å². The molecule has 0 amide bonds. The van der Waals surface area contributed by atoms with Gasteiger partial charge >= 0.3 is 5.69 Å². The molecule has 0 saturated carbocycles. The molecule has 0 aliphatic heterocycles. The third kappa shape index (κ3) is 3.14. The summed E-state index contributed by atoms with van der Waals surface area (Å²) in [4.78, 5) is 14.6. The second-order valence-electron chi connectivity index (χ2n) is 3.69. The van der Waals surface area contributed by atoms with Gasteiger partial charge < -0.3 is 10.1 Å². The molecule has 0 radical (unpaired) electrons. The molecule has 9 heteroatoms. The van der Waals surface area contributed by atoms with Crippen molar-refractivity contribution in [1.29, 1.82) is 0 Å². The Bertz CT molecular complexity index is 650. The summed E-state index contributed by atoms with van der Waals surface area (Å²) >= 11 is 6.98. The summed E-state index contributed by atoms with van der Waals surface area (Å²) in [7, 11) is 1.36. The van der Waals surface area contributed by atoms with Gasteiger partial charge in [-0.05, 0) is 0 Å². The summed E-state index contributed by atoms with van der Waals surface area (Å²) in [6.45, 7) is 0.351. The summed E-state index contributed by atoms with van der Waals surface area (Å²) in [5.74, 6) is -0.762. The van der Waals surface area contributed by atoms with Crippen LogP contribution in [0.5, 0.6) is 5.75 Å². The number of methoxy groups -OCH3 is 1. The topological polar surface area (TPSA) is 77.3 Å². The summed E-state index contributed by atoms with van der Waals surface area (Å²) in [6.07, 6.45) is 1.59. The van der Waals surface area contributed by atoms with Gasteiger partial charge in [0.15, 0.2) is 4.47 Å². The fraction of sp³-hybridized carbons (Fsp3) is 0.182. The molecule has 2 aromatic rings. The lowest BCUT2D eigenvalue weighted by Crippen LogP contribution is -2.02. The molecule has 0 saturated heterocycles. The zero-order chi connectivity index (χ0) is 14.7. The lowest BCUT2D eigenvalue weighted by atomic mass is 10.2. The lowest BCUT2D eigenvalue weighted by Gasteiger charge is -2.10. The van der Waals surface area contributed by atoms with Crippen LogP contribution in [0.1, 0.15) is 4.88 Å². The predicted octanol–water partition coefficient (Wildman–Crippen LogP) is 3.46. The fourth-order valence-electron chi connectivity index (χ4n) is 1.54. The zero-order valence-electron chi connectivity index (χ0n) is 10.2. The molecule has 0 fully saturated rings. The van der Waals surface area contributed by atoms with Gasteiger partial charge in [-0.3, -0.25) is 10.1 Å². The Balaban J connectivity index is 2.25. The smallest absolute Gasteiger partial charge is 0.307 e. The van der Waals surface area contributed by atoms with Gasteiger partial charge in [-0.25, -0.2) is 4.98 Å². The third-order valence-corrected chi connectivity index (χ3v) is 3.56. The number of halogens is 2. The maximum atomic E-state index is 13.5. The van der Waals surface area contributed by atoms with E-state index >= 15 is 0 Å². The zero-order valence-corrected chi connectivity index (χ0v) is 11.8. The molecule has 0 aliphatic rings. The van der Waals surface area contributed by atoms with E-state index in [1.807, 2.05) is 0 Å². The number of anilines is 1. The number of hydrogen-bond donors (Lipinski definition) is 1. The highest BCUT2D eigenvalue weighted by Crippen LogP contribution is 2.32. The lowest BCUT2D eigenvalue weighted by molar-refractivity contribution is -0.387. The molecule has 106 valence electrons. The summed E-state index contributed by atoms with van der Waals surface area (Å²) in [5.41, 5.74) is -0.291. The first-order chi connectivity index (χ1) is 9.51. The second kappa shape index (κ2) is 6.02. The molecule has 0 atom stereocenters. The molecule has 0 unspecified atom stereocenters. The van der Waals surface area contributed by atoms with Crippen LogP contribution in [0.3, 0.4) is 0 Å². The van der Waals surface area contributed by atoms with Crippen LogP contribution in [0.15, 0.2) is 18.3 Å². The number of thiazole rings is 1. The minimum atomic E-state index is -0.946. The minimum absolute atomic E-state index is 0.184. The van der Waals surface area contributed by atoms with E-state index in [2.05, 4.69) is 10.3 Å². The normalized spacial score (nSPS) is 10.3. The van der Waals surface area contributed by atoms with Crippen LogP contribution in [0, 0.1) is 15.9 Å². The van der Waals surface area contributed by atoms with E-state index in [1.165, 1.54) is 18.4 Å². The number of rotatable bonds is 5. The maximum absolute atomic E-state index is 13.5. The molecule has 2 rings (SSSR count). The van der Waals surface area contributed by atoms with E-state index in [0.717, 1.165) is 17.0 Å². The van der Waals surface area contributed by atoms with Crippen LogP contribution in [0.25, 0.3) is 0 Å². The first-order valence-electron chi connectivity index (χ1n) is 5.37. The predicted molar refractivity (Wildman–Crippen MR) is 74.1 cm³/mol. The summed E-state index contributed by atoms with van der Waals surface area (Å²) in [6, 6.07) is 2.07. The quantitative estimate of drug-likeness (QED) is 0.675. The Morgan fingerprint density at radius 3 is 2.90 bits per heavy atom. The molecular weight excluding hydrogens is 309 g/mol. The van der Waals surface area contributed by atoms with Crippen molar-refractivity contribution in [3.8, 4) is 5.75 Å². The van der Waals surface area contributed by atoms with E-state index in [-0.39, 0.29) is 5.75 Å². The van der Waals surface area contributed by atoms with Crippen molar-refractivity contribution in [3.63, 3.8) is 0 Å². The Hall–Kier alpha value is -1.93. The highest BCUT2D eigenvalue weighted by molar-refractivity contribution is 7.15. The van der Waals surface area contributed by atoms with E-state index in [9.17, 15) is 14.5 Å². The minimum Gasteiger partial charge on any atom is -0.494 e. The van der Waals surface area contributed by atoms with E-state index < -0.39 is 16.4 Å². The Kier molecular flexibility index (Phi) is 4.35. The van der Waals surface area contributed by atoms with Gasteiger partial charge in [0, 0.05) is 23.2 Å². The molecule has 20 heavy (non-hydrogen) atoms. The van der Waals surface area contributed by atoms with Gasteiger partial charge in [0.2, 0.25) is 5.82 Å². The van der Waals surface area contributed by atoms with Gasteiger partial charge in [0.05, 0.1) is 24.3 Å². The molecule has 1 aromatic carbocycles. The SMILES string of the molecule is COc1cc(F)c([N+](=O)[O-])cc1NCc1cnc(Cl)s1. The first-order valence-corrected chi connectivity index (χ1v) is 6.56. The largest absolute Gasteiger partial charge is 0.494 e. The monoisotopic (exact) mass is 317 g/mol. The molecular formula is C11H9ClFN3O3S. The van der Waals surface area contributed by atoms with Crippen LogP contribution in [0.4, 0.5) is 15.8 Å². The van der Waals surface area contributed by atoms with Crippen molar-refractivity contribution >= 4 is 34.3 Å². The Morgan fingerprint density at radius 1 is 1.60 bits per heavy atom. The standard InChI is InChI=1S/C11H9ClFN3O3S/c1-19-10-2-7(13)9(16(17)18)3-8(10)14-4-6-5-15-11(12)20-6/h2-3,5,14H,4H2,1H3. The Morgan fingerprint density at radius 2 is 2.35 bits per heavy atom. The van der Waals surface area contributed by atoms with Crippen LogP contribution in [0.2, 0.25) is 4.47 Å². The fourth-order valence-corrected chi connectivity index (χ4v) is 2.46. The maximum Gasteiger partial charge on any atom is 0.307 e. The van der Waals surface area contributed by atoms with Crippen molar-refractivity contribution in [2.45, 2.75) is 6.54 Å². The molecule has 0 spiro atoms. The summed E-state index contributed by atoms with van der Waals surface area (Å²) in [5, 5.41) is 13.7. The number of benzene rings is 1. The number of nitro groups is 1. The highest BCUT2D eigenvalue weighted by atomic mass is 35.5. The van der Waals surface area contributed by atoms with Crippen LogP contribution in [-0.4, -0.2) is 17.0 Å².